The van der Waals surface area contributed by atoms with Crippen LogP contribution >= 0.6 is 0 Å². The molecule has 1 aromatic carbocycles. The van der Waals surface area contributed by atoms with E-state index in [4.69, 9.17) is 10.5 Å². The molecule has 4 nitrogen and oxygen atoms in total. The molecule has 0 aliphatic rings. The predicted molar refractivity (Wildman–Crippen MR) is 85.7 cm³/mol. The van der Waals surface area contributed by atoms with Crippen molar-refractivity contribution in [3.8, 4) is 5.75 Å². The number of aromatic nitrogens is 2. The standard InChI is InChI=1S/C17H25N3O/c1-12-17(13(2)20(3)19-12)11-15(18)8-5-14-6-9-16(21-4)10-7-14/h6-7,9-10,15H,5,8,11,18H2,1-4H3. The molecule has 0 aliphatic heterocycles. The van der Waals surface area contributed by atoms with Gasteiger partial charge in [-0.3, -0.25) is 4.68 Å². The number of benzene rings is 1. The van der Waals surface area contributed by atoms with Gasteiger partial charge in [-0.25, -0.2) is 0 Å². The van der Waals surface area contributed by atoms with E-state index in [1.807, 2.05) is 23.9 Å². The van der Waals surface area contributed by atoms with Gasteiger partial charge < -0.3 is 10.5 Å². The molecule has 2 rings (SSSR count). The van der Waals surface area contributed by atoms with E-state index in [1.165, 1.54) is 16.8 Å². The molecular weight excluding hydrogens is 262 g/mol. The average Bonchev–Trinajstić information content (AvgIpc) is 2.72. The van der Waals surface area contributed by atoms with E-state index in [9.17, 15) is 0 Å². The Bertz CT molecular complexity index is 587. The zero-order chi connectivity index (χ0) is 15.4. The summed E-state index contributed by atoms with van der Waals surface area (Å²) in [4.78, 5) is 0. The largest absolute Gasteiger partial charge is 0.497 e. The minimum atomic E-state index is 0.161. The number of hydrogen-bond donors (Lipinski definition) is 1. The van der Waals surface area contributed by atoms with Crippen molar-refractivity contribution in [2.75, 3.05) is 7.11 Å². The van der Waals surface area contributed by atoms with Gasteiger partial charge >= 0.3 is 0 Å². The molecule has 0 saturated heterocycles. The van der Waals surface area contributed by atoms with Gasteiger partial charge in [-0.2, -0.15) is 5.10 Å². The van der Waals surface area contributed by atoms with E-state index in [0.29, 0.717) is 0 Å². The van der Waals surface area contributed by atoms with Crippen LogP contribution < -0.4 is 10.5 Å². The first kappa shape index (κ1) is 15.6. The van der Waals surface area contributed by atoms with Crippen LogP contribution in [0.25, 0.3) is 0 Å². The number of ether oxygens (including phenoxy) is 1. The Hall–Kier alpha value is -1.81. The molecule has 1 atom stereocenters. The Balaban J connectivity index is 1.90. The van der Waals surface area contributed by atoms with Gasteiger partial charge in [-0.1, -0.05) is 12.1 Å². The second-order valence-electron chi connectivity index (χ2n) is 5.62. The molecule has 0 bridgehead atoms. The molecule has 1 unspecified atom stereocenters. The van der Waals surface area contributed by atoms with Crippen molar-refractivity contribution in [3.05, 3.63) is 46.8 Å². The summed E-state index contributed by atoms with van der Waals surface area (Å²) < 4.78 is 7.10. The predicted octanol–water partition coefficient (Wildman–Crippen LogP) is 2.55. The van der Waals surface area contributed by atoms with E-state index in [1.54, 1.807) is 7.11 Å². The van der Waals surface area contributed by atoms with Gasteiger partial charge in [0.1, 0.15) is 5.75 Å². The van der Waals surface area contributed by atoms with Crippen molar-refractivity contribution >= 4 is 0 Å². The Morgan fingerprint density at radius 3 is 2.43 bits per heavy atom. The Morgan fingerprint density at radius 1 is 1.24 bits per heavy atom. The number of rotatable bonds is 6. The van der Waals surface area contributed by atoms with Crippen LogP contribution in [0.5, 0.6) is 5.75 Å². The Labute approximate surface area is 126 Å². The highest BCUT2D eigenvalue weighted by Crippen LogP contribution is 2.17. The lowest BCUT2D eigenvalue weighted by Gasteiger charge is -2.12. The maximum atomic E-state index is 6.29. The molecular formula is C17H25N3O. The fraction of sp³-hybridized carbons (Fsp3) is 0.471. The summed E-state index contributed by atoms with van der Waals surface area (Å²) >= 11 is 0. The first-order valence-corrected chi connectivity index (χ1v) is 7.39. The second-order valence-corrected chi connectivity index (χ2v) is 5.62. The Kier molecular flexibility index (Phi) is 5.02. The van der Waals surface area contributed by atoms with E-state index in [-0.39, 0.29) is 6.04 Å². The van der Waals surface area contributed by atoms with Gasteiger partial charge in [-0.05, 0) is 56.4 Å². The quantitative estimate of drug-likeness (QED) is 0.888. The van der Waals surface area contributed by atoms with Crippen LogP contribution in [0.1, 0.15) is 28.9 Å². The summed E-state index contributed by atoms with van der Waals surface area (Å²) in [5.74, 6) is 0.893. The highest BCUT2D eigenvalue weighted by atomic mass is 16.5. The first-order valence-electron chi connectivity index (χ1n) is 7.39. The lowest BCUT2D eigenvalue weighted by atomic mass is 9.99. The second kappa shape index (κ2) is 6.76. The lowest BCUT2D eigenvalue weighted by Crippen LogP contribution is -2.24. The van der Waals surface area contributed by atoms with Gasteiger partial charge in [0.2, 0.25) is 0 Å². The zero-order valence-corrected chi connectivity index (χ0v) is 13.4. The summed E-state index contributed by atoms with van der Waals surface area (Å²) in [6.07, 6.45) is 2.85. The summed E-state index contributed by atoms with van der Waals surface area (Å²) in [6.45, 7) is 4.16. The maximum Gasteiger partial charge on any atom is 0.118 e. The molecule has 1 heterocycles. The van der Waals surface area contributed by atoms with Crippen molar-refractivity contribution in [1.82, 2.24) is 9.78 Å². The SMILES string of the molecule is COc1ccc(CCC(N)Cc2c(C)nn(C)c2C)cc1. The van der Waals surface area contributed by atoms with Crippen LogP contribution in [0.4, 0.5) is 0 Å². The molecule has 2 aromatic rings. The maximum absolute atomic E-state index is 6.29. The van der Waals surface area contributed by atoms with Crippen LogP contribution in [-0.2, 0) is 19.9 Å². The van der Waals surface area contributed by atoms with Crippen LogP contribution in [-0.4, -0.2) is 22.9 Å². The molecule has 0 radical (unpaired) electrons. The molecule has 2 N–H and O–H groups in total. The Morgan fingerprint density at radius 2 is 1.90 bits per heavy atom. The van der Waals surface area contributed by atoms with Crippen LogP contribution in [0.3, 0.4) is 0 Å². The highest BCUT2D eigenvalue weighted by Gasteiger charge is 2.13. The lowest BCUT2D eigenvalue weighted by molar-refractivity contribution is 0.414. The van der Waals surface area contributed by atoms with Crippen LogP contribution in [0, 0.1) is 13.8 Å². The summed E-state index contributed by atoms with van der Waals surface area (Å²) in [6, 6.07) is 8.36. The van der Waals surface area contributed by atoms with E-state index < -0.39 is 0 Å². The average molecular weight is 287 g/mol. The third-order valence-corrected chi connectivity index (χ3v) is 4.09. The van der Waals surface area contributed by atoms with Gasteiger partial charge in [-0.15, -0.1) is 0 Å². The van der Waals surface area contributed by atoms with Gasteiger partial charge in [0.15, 0.2) is 0 Å². The van der Waals surface area contributed by atoms with Crippen LogP contribution in [0.2, 0.25) is 0 Å². The number of aryl methyl sites for hydroxylation is 3. The van der Waals surface area contributed by atoms with Gasteiger partial charge in [0.05, 0.1) is 12.8 Å². The molecule has 1 aromatic heterocycles. The van der Waals surface area contributed by atoms with Gasteiger partial charge in [0.25, 0.3) is 0 Å². The zero-order valence-electron chi connectivity index (χ0n) is 13.4. The van der Waals surface area contributed by atoms with Crippen molar-refractivity contribution < 1.29 is 4.74 Å². The molecule has 4 heteroatoms. The third kappa shape index (κ3) is 3.85. The van der Waals surface area contributed by atoms with Crippen molar-refractivity contribution in [2.45, 2.75) is 39.2 Å². The minimum absolute atomic E-state index is 0.161. The number of nitrogens with zero attached hydrogens (tertiary/aromatic N) is 2. The molecule has 0 fully saturated rings. The summed E-state index contributed by atoms with van der Waals surface area (Å²) in [5.41, 5.74) is 11.2. The molecule has 114 valence electrons. The van der Waals surface area contributed by atoms with Crippen molar-refractivity contribution in [2.24, 2.45) is 12.8 Å². The summed E-state index contributed by atoms with van der Waals surface area (Å²) in [5, 5.41) is 4.45. The van der Waals surface area contributed by atoms with Crippen LogP contribution in [0.15, 0.2) is 24.3 Å². The fourth-order valence-electron chi connectivity index (χ4n) is 2.62. The van der Waals surface area contributed by atoms with E-state index in [2.05, 4.69) is 31.1 Å². The van der Waals surface area contributed by atoms with Crippen molar-refractivity contribution in [3.63, 3.8) is 0 Å². The number of methoxy groups -OCH3 is 1. The monoisotopic (exact) mass is 287 g/mol. The topological polar surface area (TPSA) is 53.1 Å². The third-order valence-electron chi connectivity index (χ3n) is 4.09. The molecule has 0 aliphatic carbocycles. The smallest absolute Gasteiger partial charge is 0.118 e. The number of hydrogen-bond acceptors (Lipinski definition) is 3. The molecule has 0 amide bonds. The molecule has 0 spiro atoms. The molecule has 21 heavy (non-hydrogen) atoms. The van der Waals surface area contributed by atoms with Crippen molar-refractivity contribution in [1.29, 1.82) is 0 Å². The first-order chi connectivity index (χ1) is 10.0. The van der Waals surface area contributed by atoms with E-state index >= 15 is 0 Å². The van der Waals surface area contributed by atoms with Gasteiger partial charge in [0, 0.05) is 18.8 Å². The van der Waals surface area contributed by atoms with E-state index in [0.717, 1.165) is 30.7 Å². The highest BCUT2D eigenvalue weighted by molar-refractivity contribution is 5.28. The fourth-order valence-corrected chi connectivity index (χ4v) is 2.62. The molecule has 0 saturated carbocycles. The normalized spacial score (nSPS) is 12.4. The summed E-state index contributed by atoms with van der Waals surface area (Å²) in [7, 11) is 3.66. The number of nitrogens with two attached hydrogens (primary N) is 1. The minimum Gasteiger partial charge on any atom is -0.497 e.